The van der Waals surface area contributed by atoms with E-state index in [4.69, 9.17) is 9.47 Å². The Labute approximate surface area is 163 Å². The predicted molar refractivity (Wildman–Crippen MR) is 109 cm³/mol. The molecular formula is C23H21FN2O2. The van der Waals surface area contributed by atoms with E-state index in [1.807, 2.05) is 42.6 Å². The largest absolute Gasteiger partial charge is 0.497 e. The summed E-state index contributed by atoms with van der Waals surface area (Å²) in [5.41, 5.74) is 2.70. The number of allylic oxidation sites excluding steroid dienone is 2. The highest BCUT2D eigenvalue weighted by molar-refractivity contribution is 5.86. The van der Waals surface area contributed by atoms with Crippen molar-refractivity contribution in [2.75, 3.05) is 26.8 Å². The number of pyridine rings is 1. The third kappa shape index (κ3) is 3.98. The van der Waals surface area contributed by atoms with Crippen molar-refractivity contribution in [1.82, 2.24) is 9.88 Å². The fraction of sp³-hybridized carbons (Fsp3) is 0.174. The van der Waals surface area contributed by atoms with E-state index >= 15 is 0 Å². The highest BCUT2D eigenvalue weighted by Crippen LogP contribution is 2.27. The maximum absolute atomic E-state index is 13.5. The van der Waals surface area contributed by atoms with Gasteiger partial charge in [0, 0.05) is 30.4 Å². The second kappa shape index (κ2) is 8.13. The summed E-state index contributed by atoms with van der Waals surface area (Å²) in [5.74, 6) is 1.34. The zero-order chi connectivity index (χ0) is 19.3. The topological polar surface area (TPSA) is 34.6 Å². The van der Waals surface area contributed by atoms with E-state index in [2.05, 4.69) is 16.0 Å². The molecule has 0 N–H and O–H groups in total. The molecule has 142 valence electrons. The molecule has 0 spiro atoms. The van der Waals surface area contributed by atoms with E-state index < -0.39 is 0 Å². The van der Waals surface area contributed by atoms with Crippen molar-refractivity contribution in [3.63, 3.8) is 0 Å². The number of methoxy groups -OCH3 is 1. The Morgan fingerprint density at radius 3 is 2.93 bits per heavy atom. The van der Waals surface area contributed by atoms with Crippen LogP contribution in [0.25, 0.3) is 16.5 Å². The summed E-state index contributed by atoms with van der Waals surface area (Å²) in [6.07, 6.45) is 7.89. The van der Waals surface area contributed by atoms with Gasteiger partial charge in [-0.1, -0.05) is 24.3 Å². The first-order valence-electron chi connectivity index (χ1n) is 9.17. The molecule has 28 heavy (non-hydrogen) atoms. The van der Waals surface area contributed by atoms with Gasteiger partial charge in [0.25, 0.3) is 0 Å². The Morgan fingerprint density at radius 1 is 1.14 bits per heavy atom. The molecule has 0 saturated carbocycles. The first-order chi connectivity index (χ1) is 13.7. The number of rotatable bonds is 6. The minimum absolute atomic E-state index is 0.228. The summed E-state index contributed by atoms with van der Waals surface area (Å²) in [6.45, 7) is 2.06. The number of ether oxygens (including phenoxy) is 2. The van der Waals surface area contributed by atoms with Crippen LogP contribution >= 0.6 is 0 Å². The van der Waals surface area contributed by atoms with E-state index in [9.17, 15) is 4.39 Å². The van der Waals surface area contributed by atoms with Crippen molar-refractivity contribution in [3.8, 4) is 11.5 Å². The lowest BCUT2D eigenvalue weighted by Crippen LogP contribution is -2.25. The lowest BCUT2D eigenvalue weighted by Gasteiger charge is -2.23. The fourth-order valence-electron chi connectivity index (χ4n) is 3.23. The summed E-state index contributed by atoms with van der Waals surface area (Å²) >= 11 is 0. The Morgan fingerprint density at radius 2 is 2.07 bits per heavy atom. The molecule has 0 amide bonds. The maximum atomic E-state index is 13.5. The van der Waals surface area contributed by atoms with Crippen LogP contribution in [0.4, 0.5) is 4.39 Å². The number of benzene rings is 2. The van der Waals surface area contributed by atoms with Gasteiger partial charge in [-0.25, -0.2) is 4.39 Å². The SMILES string of the molecule is COc1ccc2c(OCCN3C=C(c4cccc(F)c4)C=CC3)ccnc2c1. The van der Waals surface area contributed by atoms with E-state index in [0.717, 1.165) is 46.6 Å². The number of nitrogens with zero attached hydrogens (tertiary/aromatic N) is 2. The summed E-state index contributed by atoms with van der Waals surface area (Å²) < 4.78 is 24.8. The highest BCUT2D eigenvalue weighted by Gasteiger charge is 2.09. The molecule has 2 heterocycles. The molecule has 2 aromatic carbocycles. The van der Waals surface area contributed by atoms with Gasteiger partial charge in [-0.15, -0.1) is 0 Å². The van der Waals surface area contributed by atoms with Gasteiger partial charge in [-0.2, -0.15) is 0 Å². The summed E-state index contributed by atoms with van der Waals surface area (Å²) in [4.78, 5) is 6.54. The van der Waals surface area contributed by atoms with Crippen LogP contribution in [0.15, 0.2) is 73.1 Å². The van der Waals surface area contributed by atoms with Gasteiger partial charge < -0.3 is 14.4 Å². The smallest absolute Gasteiger partial charge is 0.130 e. The van der Waals surface area contributed by atoms with Crippen LogP contribution in [0.3, 0.4) is 0 Å². The average Bonchev–Trinajstić information content (AvgIpc) is 2.73. The number of hydrogen-bond donors (Lipinski definition) is 0. The molecule has 0 saturated heterocycles. The molecular weight excluding hydrogens is 355 g/mol. The molecule has 0 aliphatic carbocycles. The molecule has 0 radical (unpaired) electrons. The Bertz CT molecular complexity index is 1050. The average molecular weight is 376 g/mol. The van der Waals surface area contributed by atoms with Crippen molar-refractivity contribution in [1.29, 1.82) is 0 Å². The quantitative estimate of drug-likeness (QED) is 0.626. The van der Waals surface area contributed by atoms with Gasteiger partial charge >= 0.3 is 0 Å². The molecule has 0 fully saturated rings. The maximum Gasteiger partial charge on any atom is 0.130 e. The molecule has 1 aromatic heterocycles. The van der Waals surface area contributed by atoms with Crippen LogP contribution < -0.4 is 9.47 Å². The second-order valence-corrected chi connectivity index (χ2v) is 6.53. The molecule has 3 aromatic rings. The molecule has 4 nitrogen and oxygen atoms in total. The van der Waals surface area contributed by atoms with E-state index in [-0.39, 0.29) is 5.82 Å². The van der Waals surface area contributed by atoms with Gasteiger partial charge in [0.05, 0.1) is 19.2 Å². The van der Waals surface area contributed by atoms with Crippen LogP contribution in [-0.4, -0.2) is 36.7 Å². The van der Waals surface area contributed by atoms with Crippen molar-refractivity contribution in [2.45, 2.75) is 0 Å². The Kier molecular flexibility index (Phi) is 5.24. The normalized spacial score (nSPS) is 13.5. The van der Waals surface area contributed by atoms with Gasteiger partial charge in [-0.05, 0) is 41.5 Å². The minimum Gasteiger partial charge on any atom is -0.497 e. The first kappa shape index (κ1) is 18.0. The number of fused-ring (bicyclic) bond motifs is 1. The molecule has 5 heteroatoms. The van der Waals surface area contributed by atoms with Crippen molar-refractivity contribution < 1.29 is 13.9 Å². The molecule has 1 aliphatic heterocycles. The van der Waals surface area contributed by atoms with Gasteiger partial charge in [-0.3, -0.25) is 4.98 Å². The van der Waals surface area contributed by atoms with Crippen molar-refractivity contribution in [2.24, 2.45) is 0 Å². The zero-order valence-corrected chi connectivity index (χ0v) is 15.6. The van der Waals surface area contributed by atoms with E-state index in [0.29, 0.717) is 6.61 Å². The standard InChI is InChI=1S/C23H21FN2O2/c1-27-20-7-8-21-22(15-20)25-10-9-23(21)28-13-12-26-11-3-5-18(16-26)17-4-2-6-19(24)14-17/h2-10,14-16H,11-13H2,1H3. The van der Waals surface area contributed by atoms with Crippen molar-refractivity contribution in [3.05, 3.63) is 84.5 Å². The van der Waals surface area contributed by atoms with E-state index in [1.165, 1.54) is 6.07 Å². The molecule has 0 bridgehead atoms. The minimum atomic E-state index is -0.228. The van der Waals surface area contributed by atoms with Crippen LogP contribution in [0.1, 0.15) is 5.56 Å². The predicted octanol–water partition coefficient (Wildman–Crippen LogP) is 4.67. The zero-order valence-electron chi connectivity index (χ0n) is 15.6. The Hall–Kier alpha value is -3.34. The fourth-order valence-corrected chi connectivity index (χ4v) is 3.23. The molecule has 1 aliphatic rings. The lowest BCUT2D eigenvalue weighted by molar-refractivity contribution is 0.266. The number of halogens is 1. The number of hydrogen-bond acceptors (Lipinski definition) is 4. The van der Waals surface area contributed by atoms with Gasteiger partial charge in [0.15, 0.2) is 0 Å². The van der Waals surface area contributed by atoms with Gasteiger partial charge in [0.1, 0.15) is 23.9 Å². The summed E-state index contributed by atoms with van der Waals surface area (Å²) in [6, 6.07) is 14.3. The Balaban J connectivity index is 1.43. The second-order valence-electron chi connectivity index (χ2n) is 6.53. The monoisotopic (exact) mass is 376 g/mol. The lowest BCUT2D eigenvalue weighted by atomic mass is 10.0. The van der Waals surface area contributed by atoms with Gasteiger partial charge in [0.2, 0.25) is 0 Å². The van der Waals surface area contributed by atoms with Crippen molar-refractivity contribution >= 4 is 16.5 Å². The van der Waals surface area contributed by atoms with Crippen LogP contribution in [0.5, 0.6) is 11.5 Å². The van der Waals surface area contributed by atoms with Crippen LogP contribution in [0, 0.1) is 5.82 Å². The molecule has 0 unspecified atom stereocenters. The van der Waals surface area contributed by atoms with Crippen LogP contribution in [0.2, 0.25) is 0 Å². The first-order valence-corrected chi connectivity index (χ1v) is 9.17. The van der Waals surface area contributed by atoms with Crippen LogP contribution in [-0.2, 0) is 0 Å². The van der Waals surface area contributed by atoms with E-state index in [1.54, 1.807) is 25.4 Å². The summed E-state index contributed by atoms with van der Waals surface area (Å²) in [5, 5.41) is 0.956. The molecule has 0 atom stereocenters. The summed E-state index contributed by atoms with van der Waals surface area (Å²) in [7, 11) is 1.64. The third-order valence-corrected chi connectivity index (χ3v) is 4.66. The molecule has 4 rings (SSSR count). The number of aromatic nitrogens is 1. The third-order valence-electron chi connectivity index (χ3n) is 4.66. The highest BCUT2D eigenvalue weighted by atomic mass is 19.1.